The highest BCUT2D eigenvalue weighted by Crippen LogP contribution is 2.26. The molecular formula is C18H15NO4S. The fourth-order valence-electron chi connectivity index (χ4n) is 2.61. The highest BCUT2D eigenvalue weighted by Gasteiger charge is 2.33. The summed E-state index contributed by atoms with van der Waals surface area (Å²) in [6.45, 7) is 1.84. The number of fused-ring (bicyclic) bond motifs is 1. The van der Waals surface area contributed by atoms with Gasteiger partial charge in [0.1, 0.15) is 0 Å². The van der Waals surface area contributed by atoms with E-state index in [4.69, 9.17) is 5.73 Å². The van der Waals surface area contributed by atoms with Crippen LogP contribution in [0.1, 0.15) is 26.3 Å². The Morgan fingerprint density at radius 3 is 2.00 bits per heavy atom. The predicted molar refractivity (Wildman–Crippen MR) is 89.5 cm³/mol. The summed E-state index contributed by atoms with van der Waals surface area (Å²) in [6.07, 6.45) is 0. The molecule has 0 unspecified atom stereocenters. The first kappa shape index (κ1) is 16.1. The third-order valence-corrected chi connectivity index (χ3v) is 5.63. The van der Waals surface area contributed by atoms with Gasteiger partial charge in [-0.05, 0) is 19.1 Å². The van der Waals surface area contributed by atoms with E-state index >= 15 is 0 Å². The average molecular weight is 341 g/mol. The summed E-state index contributed by atoms with van der Waals surface area (Å²) in [7, 11) is -3.78. The van der Waals surface area contributed by atoms with Gasteiger partial charge in [-0.3, -0.25) is 9.59 Å². The first-order valence-corrected chi connectivity index (χ1v) is 8.93. The SMILES string of the molecule is Cc1ccc(S(=O)(=O)CC2=C(N)C(=O)c3ccccc3C2=O)cc1. The molecule has 0 aliphatic heterocycles. The van der Waals surface area contributed by atoms with E-state index in [1.54, 1.807) is 24.3 Å². The first-order chi connectivity index (χ1) is 11.3. The number of Topliss-reactive ketones (excluding diaryl/α,β-unsaturated/α-hetero) is 2. The smallest absolute Gasteiger partial charge is 0.209 e. The Bertz CT molecular complexity index is 986. The van der Waals surface area contributed by atoms with Crippen molar-refractivity contribution in [1.82, 2.24) is 0 Å². The van der Waals surface area contributed by atoms with Crippen LogP contribution in [-0.4, -0.2) is 25.7 Å². The minimum Gasteiger partial charge on any atom is -0.395 e. The Labute approximate surface area is 139 Å². The molecule has 3 rings (SSSR count). The molecule has 1 aliphatic rings. The highest BCUT2D eigenvalue weighted by molar-refractivity contribution is 7.91. The van der Waals surface area contributed by atoms with Crippen molar-refractivity contribution in [3.05, 3.63) is 76.5 Å². The van der Waals surface area contributed by atoms with E-state index < -0.39 is 27.2 Å². The molecule has 24 heavy (non-hydrogen) atoms. The Balaban J connectivity index is 2.03. The van der Waals surface area contributed by atoms with E-state index in [1.807, 2.05) is 6.92 Å². The maximum atomic E-state index is 12.6. The summed E-state index contributed by atoms with van der Waals surface area (Å²) in [6, 6.07) is 12.6. The lowest BCUT2D eigenvalue weighted by atomic mass is 9.88. The highest BCUT2D eigenvalue weighted by atomic mass is 32.2. The van der Waals surface area contributed by atoms with Crippen LogP contribution >= 0.6 is 0 Å². The van der Waals surface area contributed by atoms with Crippen LogP contribution < -0.4 is 5.73 Å². The van der Waals surface area contributed by atoms with E-state index in [9.17, 15) is 18.0 Å². The van der Waals surface area contributed by atoms with Gasteiger partial charge in [-0.15, -0.1) is 0 Å². The zero-order valence-corrected chi connectivity index (χ0v) is 13.8. The largest absolute Gasteiger partial charge is 0.395 e. The quantitative estimate of drug-likeness (QED) is 0.922. The van der Waals surface area contributed by atoms with Gasteiger partial charge in [0.2, 0.25) is 5.78 Å². The molecule has 0 amide bonds. The molecule has 1 aliphatic carbocycles. The molecule has 0 atom stereocenters. The predicted octanol–water partition coefficient (Wildman–Crippen LogP) is 2.06. The van der Waals surface area contributed by atoms with Gasteiger partial charge in [0, 0.05) is 16.7 Å². The molecule has 0 saturated carbocycles. The van der Waals surface area contributed by atoms with Crippen LogP contribution in [0.5, 0.6) is 0 Å². The average Bonchev–Trinajstić information content (AvgIpc) is 2.57. The number of allylic oxidation sites excluding steroid dienone is 1. The molecular weight excluding hydrogens is 326 g/mol. The lowest BCUT2D eigenvalue weighted by molar-refractivity contribution is 0.0974. The number of nitrogens with two attached hydrogens (primary N) is 1. The Morgan fingerprint density at radius 1 is 0.875 bits per heavy atom. The normalized spacial score (nSPS) is 14.7. The monoisotopic (exact) mass is 341 g/mol. The van der Waals surface area contributed by atoms with E-state index in [0.717, 1.165) is 5.56 Å². The molecule has 122 valence electrons. The van der Waals surface area contributed by atoms with Gasteiger partial charge >= 0.3 is 0 Å². The third kappa shape index (κ3) is 2.65. The van der Waals surface area contributed by atoms with Gasteiger partial charge in [-0.2, -0.15) is 0 Å². The van der Waals surface area contributed by atoms with Gasteiger partial charge in [0.25, 0.3) is 0 Å². The van der Waals surface area contributed by atoms with Crippen molar-refractivity contribution >= 4 is 21.4 Å². The second kappa shape index (κ2) is 5.72. The molecule has 5 nitrogen and oxygen atoms in total. The lowest BCUT2D eigenvalue weighted by Gasteiger charge is -2.18. The molecule has 2 N–H and O–H groups in total. The molecule has 6 heteroatoms. The number of ketones is 2. The fourth-order valence-corrected chi connectivity index (χ4v) is 3.99. The summed E-state index contributed by atoms with van der Waals surface area (Å²) in [5.41, 5.74) is 6.63. The first-order valence-electron chi connectivity index (χ1n) is 7.28. The Kier molecular flexibility index (Phi) is 3.85. The number of carbonyl (C=O) groups excluding carboxylic acids is 2. The van der Waals surface area contributed by atoms with Gasteiger partial charge in [0.15, 0.2) is 15.6 Å². The summed E-state index contributed by atoms with van der Waals surface area (Å²) in [5.74, 6) is -1.63. The van der Waals surface area contributed by atoms with E-state index in [1.165, 1.54) is 24.3 Å². The van der Waals surface area contributed by atoms with E-state index in [0.29, 0.717) is 0 Å². The number of sulfone groups is 1. The number of aryl methyl sites for hydroxylation is 1. The molecule has 2 aromatic rings. The number of rotatable bonds is 3. The van der Waals surface area contributed by atoms with Gasteiger partial charge in [-0.1, -0.05) is 42.0 Å². The van der Waals surface area contributed by atoms with Crippen molar-refractivity contribution in [2.24, 2.45) is 5.73 Å². The van der Waals surface area contributed by atoms with Gasteiger partial charge in [-0.25, -0.2) is 8.42 Å². The van der Waals surface area contributed by atoms with Crippen LogP contribution in [0, 0.1) is 6.92 Å². The molecule has 0 aromatic heterocycles. The number of hydrogen-bond acceptors (Lipinski definition) is 5. The standard InChI is InChI=1S/C18H15NO4S/c1-11-6-8-12(9-7-11)24(22,23)10-15-16(19)18(21)14-5-3-2-4-13(14)17(15)20/h2-9H,10,19H2,1H3. The van der Waals surface area contributed by atoms with Gasteiger partial charge < -0.3 is 5.73 Å². The Morgan fingerprint density at radius 2 is 1.42 bits per heavy atom. The molecule has 2 aromatic carbocycles. The second-order valence-corrected chi connectivity index (χ2v) is 7.66. The van der Waals surface area contributed by atoms with Crippen molar-refractivity contribution in [2.45, 2.75) is 11.8 Å². The lowest BCUT2D eigenvalue weighted by Crippen LogP contribution is -2.30. The summed E-state index contributed by atoms with van der Waals surface area (Å²) in [4.78, 5) is 25.0. The van der Waals surface area contributed by atoms with Crippen molar-refractivity contribution in [3.8, 4) is 0 Å². The maximum absolute atomic E-state index is 12.6. The minimum atomic E-state index is -3.78. The minimum absolute atomic E-state index is 0.0903. The number of benzene rings is 2. The van der Waals surface area contributed by atoms with Crippen molar-refractivity contribution < 1.29 is 18.0 Å². The molecule has 0 radical (unpaired) electrons. The molecule has 0 spiro atoms. The fraction of sp³-hybridized carbons (Fsp3) is 0.111. The summed E-state index contributed by atoms with van der Waals surface area (Å²) in [5, 5.41) is 0. The molecule has 0 fully saturated rings. The maximum Gasteiger partial charge on any atom is 0.209 e. The molecule has 0 bridgehead atoms. The van der Waals surface area contributed by atoms with Crippen LogP contribution in [0.2, 0.25) is 0 Å². The zero-order valence-electron chi connectivity index (χ0n) is 12.9. The number of carbonyl (C=O) groups is 2. The van der Waals surface area contributed by atoms with Gasteiger partial charge in [0.05, 0.1) is 16.3 Å². The van der Waals surface area contributed by atoms with Crippen LogP contribution in [0.15, 0.2) is 64.7 Å². The van der Waals surface area contributed by atoms with E-state index in [-0.39, 0.29) is 27.3 Å². The van der Waals surface area contributed by atoms with Crippen LogP contribution in [0.4, 0.5) is 0 Å². The third-order valence-electron chi connectivity index (χ3n) is 3.97. The molecule has 0 heterocycles. The van der Waals surface area contributed by atoms with Crippen LogP contribution in [0.3, 0.4) is 0 Å². The topological polar surface area (TPSA) is 94.3 Å². The van der Waals surface area contributed by atoms with Crippen LogP contribution in [0.25, 0.3) is 0 Å². The van der Waals surface area contributed by atoms with Crippen molar-refractivity contribution in [2.75, 3.05) is 5.75 Å². The second-order valence-electron chi connectivity index (χ2n) is 5.67. The van der Waals surface area contributed by atoms with E-state index in [2.05, 4.69) is 0 Å². The number of hydrogen-bond donors (Lipinski definition) is 1. The zero-order chi connectivity index (χ0) is 17.5. The summed E-state index contributed by atoms with van der Waals surface area (Å²) < 4.78 is 25.1. The Hall–Kier alpha value is -2.73. The summed E-state index contributed by atoms with van der Waals surface area (Å²) >= 11 is 0. The molecule has 0 saturated heterocycles. The van der Waals surface area contributed by atoms with Crippen molar-refractivity contribution in [3.63, 3.8) is 0 Å². The van der Waals surface area contributed by atoms with Crippen molar-refractivity contribution in [1.29, 1.82) is 0 Å². The van der Waals surface area contributed by atoms with Crippen LogP contribution in [-0.2, 0) is 9.84 Å².